The summed E-state index contributed by atoms with van der Waals surface area (Å²) in [6.45, 7) is 5.81. The van der Waals surface area contributed by atoms with Crippen LogP contribution < -0.4 is 5.73 Å². The van der Waals surface area contributed by atoms with Crippen molar-refractivity contribution in [3.8, 4) is 0 Å². The minimum absolute atomic E-state index is 0.000637. The van der Waals surface area contributed by atoms with E-state index in [1.807, 2.05) is 12.1 Å². The molecule has 1 fully saturated rings. The van der Waals surface area contributed by atoms with Crippen LogP contribution in [0.1, 0.15) is 17.2 Å². The Kier molecular flexibility index (Phi) is 5.34. The number of hydrogen-bond donors (Lipinski definition) is 2. The van der Waals surface area contributed by atoms with E-state index < -0.39 is 0 Å². The highest BCUT2D eigenvalue weighted by Gasteiger charge is 2.13. The number of benzene rings is 1. The average molecular weight is 263 g/mol. The fourth-order valence-corrected chi connectivity index (χ4v) is 2.40. The molecule has 1 aliphatic rings. The Morgan fingerprint density at radius 1 is 1.16 bits per heavy atom. The number of hydrogen-bond acceptors (Lipinski definition) is 4. The van der Waals surface area contributed by atoms with Crippen molar-refractivity contribution < 1.29 is 5.11 Å². The average Bonchev–Trinajstić information content (AvgIpc) is 2.46. The van der Waals surface area contributed by atoms with Crippen LogP contribution in [-0.2, 0) is 6.42 Å². The first kappa shape index (κ1) is 14.5. The summed E-state index contributed by atoms with van der Waals surface area (Å²) in [7, 11) is 2.18. The highest BCUT2D eigenvalue weighted by atomic mass is 16.3. The molecule has 1 unspecified atom stereocenters. The fraction of sp³-hybridized carbons (Fsp3) is 0.600. The molecule has 0 aliphatic carbocycles. The Hall–Kier alpha value is -0.940. The fourth-order valence-electron chi connectivity index (χ4n) is 2.40. The Labute approximate surface area is 115 Å². The van der Waals surface area contributed by atoms with E-state index in [0.717, 1.165) is 18.5 Å². The van der Waals surface area contributed by atoms with Crippen molar-refractivity contribution >= 4 is 0 Å². The number of nitrogens with two attached hydrogens (primary N) is 1. The quantitative estimate of drug-likeness (QED) is 0.811. The number of piperazine rings is 1. The van der Waals surface area contributed by atoms with E-state index in [2.05, 4.69) is 29.0 Å². The van der Waals surface area contributed by atoms with Gasteiger partial charge in [-0.2, -0.15) is 0 Å². The van der Waals surface area contributed by atoms with Crippen LogP contribution in [0, 0.1) is 0 Å². The third kappa shape index (κ3) is 4.28. The molecule has 0 spiro atoms. The van der Waals surface area contributed by atoms with E-state index in [1.165, 1.54) is 31.7 Å². The standard InChI is InChI=1S/C15H25N3O/c1-17-8-10-18(11-9-17)7-6-13-2-4-14(5-3-13)15(16)12-19/h2-5,15,19H,6-12,16H2,1H3. The lowest BCUT2D eigenvalue weighted by molar-refractivity contribution is 0.155. The molecule has 1 aromatic rings. The van der Waals surface area contributed by atoms with Crippen LogP contribution in [0.4, 0.5) is 0 Å². The van der Waals surface area contributed by atoms with E-state index in [4.69, 9.17) is 10.8 Å². The second-order valence-corrected chi connectivity index (χ2v) is 5.43. The summed E-state index contributed by atoms with van der Waals surface area (Å²) < 4.78 is 0. The molecule has 1 aromatic carbocycles. The minimum atomic E-state index is -0.258. The lowest BCUT2D eigenvalue weighted by Crippen LogP contribution is -2.45. The molecular formula is C15H25N3O. The van der Waals surface area contributed by atoms with Crippen molar-refractivity contribution in [2.75, 3.05) is 46.4 Å². The van der Waals surface area contributed by atoms with Crippen molar-refractivity contribution in [2.45, 2.75) is 12.5 Å². The molecule has 1 heterocycles. The number of aliphatic hydroxyl groups excluding tert-OH is 1. The largest absolute Gasteiger partial charge is 0.394 e. The van der Waals surface area contributed by atoms with E-state index in [-0.39, 0.29) is 12.6 Å². The molecule has 2 rings (SSSR count). The van der Waals surface area contributed by atoms with Crippen LogP contribution in [0.5, 0.6) is 0 Å². The van der Waals surface area contributed by atoms with Gasteiger partial charge >= 0.3 is 0 Å². The van der Waals surface area contributed by atoms with Gasteiger partial charge < -0.3 is 20.6 Å². The van der Waals surface area contributed by atoms with Crippen LogP contribution in [-0.4, -0.2) is 61.3 Å². The first-order valence-corrected chi connectivity index (χ1v) is 7.05. The Morgan fingerprint density at radius 2 is 1.79 bits per heavy atom. The zero-order valence-electron chi connectivity index (χ0n) is 11.8. The molecule has 1 saturated heterocycles. The Balaban J connectivity index is 1.80. The summed E-state index contributed by atoms with van der Waals surface area (Å²) in [5.41, 5.74) is 8.13. The van der Waals surface area contributed by atoms with Gasteiger partial charge in [0.25, 0.3) is 0 Å². The van der Waals surface area contributed by atoms with E-state index in [0.29, 0.717) is 0 Å². The van der Waals surface area contributed by atoms with Crippen molar-refractivity contribution in [3.63, 3.8) is 0 Å². The number of nitrogens with zero attached hydrogens (tertiary/aromatic N) is 2. The zero-order chi connectivity index (χ0) is 13.7. The predicted molar refractivity (Wildman–Crippen MR) is 78.1 cm³/mol. The lowest BCUT2D eigenvalue weighted by Gasteiger charge is -2.32. The summed E-state index contributed by atoms with van der Waals surface area (Å²) in [5, 5.41) is 9.02. The first-order chi connectivity index (χ1) is 9.19. The lowest BCUT2D eigenvalue weighted by atomic mass is 10.0. The number of rotatable bonds is 5. The van der Waals surface area contributed by atoms with Crippen LogP contribution >= 0.6 is 0 Å². The summed E-state index contributed by atoms with van der Waals surface area (Å²) >= 11 is 0. The van der Waals surface area contributed by atoms with Gasteiger partial charge in [-0.3, -0.25) is 0 Å². The maximum absolute atomic E-state index is 9.02. The third-order valence-electron chi connectivity index (χ3n) is 3.92. The third-order valence-corrected chi connectivity index (χ3v) is 3.92. The van der Waals surface area contributed by atoms with Gasteiger partial charge in [-0.05, 0) is 24.6 Å². The molecule has 106 valence electrons. The van der Waals surface area contributed by atoms with Crippen molar-refractivity contribution in [2.24, 2.45) is 5.73 Å². The molecule has 0 saturated carbocycles. The van der Waals surface area contributed by atoms with E-state index >= 15 is 0 Å². The maximum atomic E-state index is 9.02. The van der Waals surface area contributed by atoms with Crippen LogP contribution in [0.25, 0.3) is 0 Å². The summed E-state index contributed by atoms with van der Waals surface area (Å²) in [5.74, 6) is 0. The Morgan fingerprint density at radius 3 is 2.37 bits per heavy atom. The molecule has 19 heavy (non-hydrogen) atoms. The zero-order valence-corrected chi connectivity index (χ0v) is 11.8. The summed E-state index contributed by atoms with van der Waals surface area (Å²) in [6.07, 6.45) is 1.08. The molecule has 1 atom stereocenters. The van der Waals surface area contributed by atoms with Crippen molar-refractivity contribution in [1.29, 1.82) is 0 Å². The molecule has 3 N–H and O–H groups in total. The summed E-state index contributed by atoms with van der Waals surface area (Å²) in [4.78, 5) is 4.90. The van der Waals surface area contributed by atoms with Gasteiger partial charge in [0.15, 0.2) is 0 Å². The Bertz CT molecular complexity index is 371. The van der Waals surface area contributed by atoms with Gasteiger partial charge in [-0.25, -0.2) is 0 Å². The number of aliphatic hydroxyl groups is 1. The summed E-state index contributed by atoms with van der Waals surface area (Å²) in [6, 6.07) is 8.05. The van der Waals surface area contributed by atoms with Gasteiger partial charge in [0.1, 0.15) is 0 Å². The molecule has 0 radical (unpaired) electrons. The first-order valence-electron chi connectivity index (χ1n) is 7.05. The molecule has 1 aliphatic heterocycles. The molecule has 4 heteroatoms. The van der Waals surface area contributed by atoms with E-state index in [1.54, 1.807) is 0 Å². The second-order valence-electron chi connectivity index (χ2n) is 5.43. The van der Waals surface area contributed by atoms with Crippen molar-refractivity contribution in [3.05, 3.63) is 35.4 Å². The predicted octanol–water partition coefficient (Wildman–Crippen LogP) is 0.469. The molecule has 4 nitrogen and oxygen atoms in total. The van der Waals surface area contributed by atoms with Gasteiger partial charge in [0, 0.05) is 32.7 Å². The molecule has 0 aromatic heterocycles. The highest BCUT2D eigenvalue weighted by Crippen LogP contribution is 2.12. The molecular weight excluding hydrogens is 238 g/mol. The minimum Gasteiger partial charge on any atom is -0.394 e. The van der Waals surface area contributed by atoms with Crippen LogP contribution in [0.3, 0.4) is 0 Å². The van der Waals surface area contributed by atoms with Gasteiger partial charge in [0.2, 0.25) is 0 Å². The van der Waals surface area contributed by atoms with Gasteiger partial charge in [-0.15, -0.1) is 0 Å². The maximum Gasteiger partial charge on any atom is 0.0624 e. The van der Waals surface area contributed by atoms with Crippen molar-refractivity contribution in [1.82, 2.24) is 9.80 Å². The second kappa shape index (κ2) is 7.01. The molecule has 0 bridgehead atoms. The van der Waals surface area contributed by atoms with Crippen LogP contribution in [0.15, 0.2) is 24.3 Å². The number of likely N-dealkylation sites (N-methyl/N-ethyl adjacent to an activating group) is 1. The topological polar surface area (TPSA) is 52.7 Å². The SMILES string of the molecule is CN1CCN(CCc2ccc(C(N)CO)cc2)CC1. The van der Waals surface area contributed by atoms with E-state index in [9.17, 15) is 0 Å². The smallest absolute Gasteiger partial charge is 0.0624 e. The van der Waals surface area contributed by atoms with Crippen LogP contribution in [0.2, 0.25) is 0 Å². The highest BCUT2D eigenvalue weighted by molar-refractivity contribution is 5.25. The van der Waals surface area contributed by atoms with Gasteiger partial charge in [0.05, 0.1) is 12.6 Å². The molecule has 0 amide bonds. The van der Waals surface area contributed by atoms with Gasteiger partial charge in [-0.1, -0.05) is 24.3 Å². The monoisotopic (exact) mass is 263 g/mol. The normalized spacial score (nSPS) is 19.5.